The number of methoxy groups -OCH3 is 2. The van der Waals surface area contributed by atoms with Gasteiger partial charge in [0.25, 0.3) is 5.69 Å². The summed E-state index contributed by atoms with van der Waals surface area (Å²) in [6, 6.07) is 10.5. The van der Waals surface area contributed by atoms with E-state index in [-0.39, 0.29) is 5.69 Å². The van der Waals surface area contributed by atoms with Crippen LogP contribution in [0.3, 0.4) is 0 Å². The average Bonchev–Trinajstić information content (AvgIpc) is 2.61. The number of nitro groups is 1. The van der Waals surface area contributed by atoms with Crippen molar-refractivity contribution in [2.75, 3.05) is 14.2 Å². The Morgan fingerprint density at radius 3 is 2.04 bits per heavy atom. The smallest absolute Gasteiger partial charge is 0.269 e. The van der Waals surface area contributed by atoms with Gasteiger partial charge in [0, 0.05) is 12.1 Å². The molecule has 0 heterocycles. The SMILES string of the molecule is CCCCCc1cc(OC)c(-c2ccc([N+](=O)[O-])cc2)c(OC)c1. The largest absolute Gasteiger partial charge is 0.496 e. The van der Waals surface area contributed by atoms with Gasteiger partial charge in [-0.3, -0.25) is 10.1 Å². The van der Waals surface area contributed by atoms with Crippen LogP contribution in [0.4, 0.5) is 5.69 Å². The molecule has 0 aliphatic heterocycles. The van der Waals surface area contributed by atoms with E-state index in [0.29, 0.717) is 0 Å². The molecule has 0 unspecified atom stereocenters. The van der Waals surface area contributed by atoms with Gasteiger partial charge in [-0.15, -0.1) is 0 Å². The van der Waals surface area contributed by atoms with E-state index in [1.165, 1.54) is 30.5 Å². The van der Waals surface area contributed by atoms with Crippen molar-refractivity contribution in [2.24, 2.45) is 0 Å². The van der Waals surface area contributed by atoms with Crippen molar-refractivity contribution in [3.05, 3.63) is 52.1 Å². The lowest BCUT2D eigenvalue weighted by atomic mass is 9.98. The fourth-order valence-corrected chi connectivity index (χ4v) is 2.72. The first kappa shape index (κ1) is 17.8. The second-order valence-corrected chi connectivity index (χ2v) is 5.64. The van der Waals surface area contributed by atoms with Crippen molar-refractivity contribution in [1.29, 1.82) is 0 Å². The van der Waals surface area contributed by atoms with Crippen molar-refractivity contribution in [3.8, 4) is 22.6 Å². The molecule has 0 spiro atoms. The molecule has 0 saturated carbocycles. The molecule has 0 amide bonds. The summed E-state index contributed by atoms with van der Waals surface area (Å²) in [5.41, 5.74) is 2.87. The quantitative estimate of drug-likeness (QED) is 0.388. The second-order valence-electron chi connectivity index (χ2n) is 5.64. The van der Waals surface area contributed by atoms with Gasteiger partial charge in [-0.2, -0.15) is 0 Å². The number of nitrogens with zero attached hydrogens (tertiary/aromatic N) is 1. The van der Waals surface area contributed by atoms with Crippen LogP contribution in [0.25, 0.3) is 11.1 Å². The minimum Gasteiger partial charge on any atom is -0.496 e. The molecule has 5 nitrogen and oxygen atoms in total. The first-order valence-corrected chi connectivity index (χ1v) is 8.10. The highest BCUT2D eigenvalue weighted by atomic mass is 16.6. The Labute approximate surface area is 142 Å². The van der Waals surface area contributed by atoms with E-state index < -0.39 is 4.92 Å². The monoisotopic (exact) mass is 329 g/mol. The molecule has 2 aromatic carbocycles. The molecule has 0 aliphatic rings. The summed E-state index contributed by atoms with van der Waals surface area (Å²) >= 11 is 0. The summed E-state index contributed by atoms with van der Waals surface area (Å²) in [5.74, 6) is 1.43. The van der Waals surface area contributed by atoms with Gasteiger partial charge in [0.15, 0.2) is 0 Å². The van der Waals surface area contributed by atoms with Crippen molar-refractivity contribution < 1.29 is 14.4 Å². The zero-order valence-corrected chi connectivity index (χ0v) is 14.4. The second kappa shape index (κ2) is 8.34. The summed E-state index contributed by atoms with van der Waals surface area (Å²) in [5, 5.41) is 10.8. The van der Waals surface area contributed by atoms with Crippen LogP contribution in [0.1, 0.15) is 31.7 Å². The Kier molecular flexibility index (Phi) is 6.18. The normalized spacial score (nSPS) is 10.5. The highest BCUT2D eigenvalue weighted by molar-refractivity contribution is 5.78. The Bertz CT molecular complexity index is 670. The lowest BCUT2D eigenvalue weighted by molar-refractivity contribution is -0.384. The maximum Gasteiger partial charge on any atom is 0.269 e. The number of unbranched alkanes of at least 4 members (excludes halogenated alkanes) is 2. The van der Waals surface area contributed by atoms with E-state index in [1.807, 2.05) is 12.1 Å². The number of non-ortho nitro benzene ring substituents is 1. The van der Waals surface area contributed by atoms with E-state index >= 15 is 0 Å². The van der Waals surface area contributed by atoms with E-state index in [4.69, 9.17) is 9.47 Å². The fraction of sp³-hybridized carbons (Fsp3) is 0.368. The lowest BCUT2D eigenvalue weighted by Crippen LogP contribution is -1.97. The lowest BCUT2D eigenvalue weighted by Gasteiger charge is -2.16. The van der Waals surface area contributed by atoms with Crippen molar-refractivity contribution >= 4 is 5.69 Å². The number of nitro benzene ring substituents is 1. The molecule has 0 radical (unpaired) electrons. The van der Waals surface area contributed by atoms with Gasteiger partial charge >= 0.3 is 0 Å². The van der Waals surface area contributed by atoms with Gasteiger partial charge in [0.05, 0.1) is 24.7 Å². The minimum atomic E-state index is -0.408. The predicted molar refractivity (Wildman–Crippen MR) is 94.9 cm³/mol. The Hall–Kier alpha value is -2.56. The highest BCUT2D eigenvalue weighted by Gasteiger charge is 2.16. The Balaban J connectivity index is 2.42. The summed E-state index contributed by atoms with van der Waals surface area (Å²) in [4.78, 5) is 10.4. The molecular formula is C19H23NO4. The first-order chi connectivity index (χ1) is 11.6. The Morgan fingerprint density at radius 2 is 1.58 bits per heavy atom. The topological polar surface area (TPSA) is 61.6 Å². The number of hydrogen-bond acceptors (Lipinski definition) is 4. The fourth-order valence-electron chi connectivity index (χ4n) is 2.72. The molecular weight excluding hydrogens is 306 g/mol. The zero-order chi connectivity index (χ0) is 17.5. The van der Waals surface area contributed by atoms with Crippen LogP contribution >= 0.6 is 0 Å². The van der Waals surface area contributed by atoms with Crippen molar-refractivity contribution in [3.63, 3.8) is 0 Å². The Morgan fingerprint density at radius 1 is 1.00 bits per heavy atom. The van der Waals surface area contributed by atoms with Crippen LogP contribution < -0.4 is 9.47 Å². The molecule has 128 valence electrons. The van der Waals surface area contributed by atoms with Crippen LogP contribution in [0.5, 0.6) is 11.5 Å². The summed E-state index contributed by atoms with van der Waals surface area (Å²) < 4.78 is 11.1. The van der Waals surface area contributed by atoms with Gasteiger partial charge in [0.2, 0.25) is 0 Å². The standard InChI is InChI=1S/C19H23NO4/c1-4-5-6-7-14-12-17(23-2)19(18(13-14)24-3)15-8-10-16(11-9-15)20(21)22/h8-13H,4-7H2,1-3H3. The van der Waals surface area contributed by atoms with Crippen molar-refractivity contribution in [2.45, 2.75) is 32.6 Å². The van der Waals surface area contributed by atoms with Crippen LogP contribution in [-0.2, 0) is 6.42 Å². The molecule has 0 bridgehead atoms. The van der Waals surface area contributed by atoms with Gasteiger partial charge < -0.3 is 9.47 Å². The average molecular weight is 329 g/mol. The molecule has 0 aliphatic carbocycles. The van der Waals surface area contributed by atoms with E-state index in [2.05, 4.69) is 6.92 Å². The number of benzene rings is 2. The third-order valence-corrected chi connectivity index (χ3v) is 4.00. The van der Waals surface area contributed by atoms with Gasteiger partial charge in [-0.25, -0.2) is 0 Å². The molecule has 24 heavy (non-hydrogen) atoms. The number of aryl methyl sites for hydroxylation is 1. The summed E-state index contributed by atoms with van der Waals surface area (Å²) in [6.45, 7) is 2.18. The van der Waals surface area contributed by atoms with E-state index in [1.54, 1.807) is 26.4 Å². The van der Waals surface area contributed by atoms with Crippen LogP contribution in [-0.4, -0.2) is 19.1 Å². The molecule has 0 N–H and O–H groups in total. The number of rotatable bonds is 8. The number of hydrogen-bond donors (Lipinski definition) is 0. The summed E-state index contributed by atoms with van der Waals surface area (Å²) in [6.07, 6.45) is 4.46. The predicted octanol–water partition coefficient (Wildman–Crippen LogP) is 5.01. The molecule has 0 fully saturated rings. The third-order valence-electron chi connectivity index (χ3n) is 4.00. The molecule has 0 aromatic heterocycles. The minimum absolute atomic E-state index is 0.0628. The number of ether oxygens (including phenoxy) is 2. The van der Waals surface area contributed by atoms with Crippen LogP contribution in [0.15, 0.2) is 36.4 Å². The zero-order valence-electron chi connectivity index (χ0n) is 14.4. The molecule has 0 atom stereocenters. The maximum absolute atomic E-state index is 10.8. The molecule has 5 heteroatoms. The van der Waals surface area contributed by atoms with Crippen LogP contribution in [0.2, 0.25) is 0 Å². The molecule has 0 saturated heterocycles. The van der Waals surface area contributed by atoms with Gasteiger partial charge in [-0.1, -0.05) is 19.8 Å². The molecule has 2 aromatic rings. The van der Waals surface area contributed by atoms with Gasteiger partial charge in [0.1, 0.15) is 11.5 Å². The summed E-state index contributed by atoms with van der Waals surface area (Å²) in [7, 11) is 3.25. The van der Waals surface area contributed by atoms with Gasteiger partial charge in [-0.05, 0) is 48.2 Å². The first-order valence-electron chi connectivity index (χ1n) is 8.10. The molecule has 2 rings (SSSR count). The van der Waals surface area contributed by atoms with Crippen molar-refractivity contribution in [1.82, 2.24) is 0 Å². The third kappa shape index (κ3) is 4.04. The van der Waals surface area contributed by atoms with E-state index in [0.717, 1.165) is 35.5 Å². The highest BCUT2D eigenvalue weighted by Crippen LogP contribution is 2.40. The van der Waals surface area contributed by atoms with Crippen LogP contribution in [0, 0.1) is 10.1 Å². The maximum atomic E-state index is 10.8. The van der Waals surface area contributed by atoms with E-state index in [9.17, 15) is 10.1 Å².